The van der Waals surface area contributed by atoms with Gasteiger partial charge >= 0.3 is 0 Å². The number of rotatable bonds is 1. The van der Waals surface area contributed by atoms with Crippen molar-refractivity contribution in [3.05, 3.63) is 53.6 Å². The van der Waals surface area contributed by atoms with E-state index in [0.29, 0.717) is 30.9 Å². The van der Waals surface area contributed by atoms with Gasteiger partial charge in [-0.3, -0.25) is 4.79 Å². The van der Waals surface area contributed by atoms with E-state index in [0.717, 1.165) is 23.5 Å². The predicted molar refractivity (Wildman–Crippen MR) is 80.8 cm³/mol. The van der Waals surface area contributed by atoms with Crippen LogP contribution in [-0.2, 0) is 0 Å². The number of ketones is 1. The van der Waals surface area contributed by atoms with Gasteiger partial charge in [-0.05, 0) is 29.8 Å². The highest BCUT2D eigenvalue weighted by atomic mass is 16.5. The van der Waals surface area contributed by atoms with E-state index in [2.05, 4.69) is 0 Å². The van der Waals surface area contributed by atoms with Crippen LogP contribution in [0.3, 0.4) is 0 Å². The van der Waals surface area contributed by atoms with Crippen molar-refractivity contribution < 1.29 is 19.0 Å². The van der Waals surface area contributed by atoms with Gasteiger partial charge in [-0.25, -0.2) is 0 Å². The predicted octanol–water partition coefficient (Wildman–Crippen LogP) is 3.55. The highest BCUT2D eigenvalue weighted by molar-refractivity contribution is 5.99. The number of fused-ring (bicyclic) bond motifs is 2. The van der Waals surface area contributed by atoms with Gasteiger partial charge in [-0.2, -0.15) is 0 Å². The number of Topliss-reactive ketones (excluding diaryl/α,β-unsaturated/α-hetero) is 1. The molecular weight excluding hydrogens is 280 g/mol. The van der Waals surface area contributed by atoms with Crippen molar-refractivity contribution in [3.63, 3.8) is 0 Å². The smallest absolute Gasteiger partial charge is 0.170 e. The van der Waals surface area contributed by atoms with E-state index in [1.54, 1.807) is 0 Å². The number of ether oxygens (including phenoxy) is 3. The average molecular weight is 296 g/mol. The molecule has 0 N–H and O–H groups in total. The highest BCUT2D eigenvalue weighted by Gasteiger charge is 2.28. The number of benzene rings is 2. The molecule has 0 fully saturated rings. The van der Waals surface area contributed by atoms with Gasteiger partial charge in [0.2, 0.25) is 0 Å². The summed E-state index contributed by atoms with van der Waals surface area (Å²) in [6.45, 7) is 1.31. The molecule has 0 spiro atoms. The molecule has 1 unspecified atom stereocenters. The second-order valence-electron chi connectivity index (χ2n) is 5.49. The summed E-state index contributed by atoms with van der Waals surface area (Å²) >= 11 is 0. The normalized spacial score (nSPS) is 19.8. The Labute approximate surface area is 128 Å². The molecule has 2 heterocycles. The maximum absolute atomic E-state index is 12.3. The summed E-state index contributed by atoms with van der Waals surface area (Å²) in [5.41, 5.74) is 1.60. The average Bonchev–Trinajstić information content (AvgIpc) is 2.79. The van der Waals surface area contributed by atoms with Crippen LogP contribution in [0.15, 0.2) is 42.5 Å². The third-order valence-electron chi connectivity index (χ3n) is 3.97. The van der Waals surface area contributed by atoms with Crippen molar-refractivity contribution in [2.75, 3.05) is 13.2 Å². The Bertz CT molecular complexity index is 723. The van der Waals surface area contributed by atoms with Crippen LogP contribution in [0.25, 0.3) is 0 Å². The lowest BCUT2D eigenvalue weighted by Gasteiger charge is -2.25. The molecule has 2 aliphatic heterocycles. The van der Waals surface area contributed by atoms with Crippen LogP contribution in [0.5, 0.6) is 17.2 Å². The highest BCUT2D eigenvalue weighted by Crippen LogP contribution is 2.38. The molecule has 4 nitrogen and oxygen atoms in total. The van der Waals surface area contributed by atoms with Crippen LogP contribution >= 0.6 is 0 Å². The lowest BCUT2D eigenvalue weighted by Crippen LogP contribution is -2.20. The van der Waals surface area contributed by atoms with Crippen molar-refractivity contribution in [3.8, 4) is 17.2 Å². The first-order valence-corrected chi connectivity index (χ1v) is 7.50. The van der Waals surface area contributed by atoms with Crippen molar-refractivity contribution in [2.45, 2.75) is 18.9 Å². The van der Waals surface area contributed by atoms with E-state index >= 15 is 0 Å². The van der Waals surface area contributed by atoms with Crippen LogP contribution in [0.1, 0.15) is 34.9 Å². The lowest BCUT2D eigenvalue weighted by molar-refractivity contribution is 0.0849. The van der Waals surface area contributed by atoms with Gasteiger partial charge in [0.15, 0.2) is 17.3 Å². The first kappa shape index (κ1) is 13.2. The maximum atomic E-state index is 12.3. The van der Waals surface area contributed by atoms with Crippen molar-refractivity contribution >= 4 is 5.78 Å². The fourth-order valence-electron chi connectivity index (χ4n) is 2.84. The fraction of sp³-hybridized carbons (Fsp3) is 0.278. The Morgan fingerprint density at radius 3 is 2.64 bits per heavy atom. The van der Waals surface area contributed by atoms with Gasteiger partial charge in [0.05, 0.1) is 25.2 Å². The van der Waals surface area contributed by atoms with Crippen molar-refractivity contribution in [1.82, 2.24) is 0 Å². The standard InChI is InChI=1S/C18H16O4/c19-14-11-17(22-15-5-2-1-4-13(14)15)12-6-7-16-18(10-12)21-9-3-8-20-16/h1-2,4-7,10,17H,3,8-9,11H2. The van der Waals surface area contributed by atoms with E-state index in [-0.39, 0.29) is 11.9 Å². The zero-order valence-electron chi connectivity index (χ0n) is 12.1. The molecular formula is C18H16O4. The number of hydrogen-bond acceptors (Lipinski definition) is 4. The number of carbonyl (C=O) groups is 1. The second-order valence-corrected chi connectivity index (χ2v) is 5.49. The van der Waals surface area contributed by atoms with Gasteiger partial charge in [-0.1, -0.05) is 18.2 Å². The number of hydrogen-bond donors (Lipinski definition) is 0. The van der Waals surface area contributed by atoms with E-state index in [1.807, 2.05) is 42.5 Å². The summed E-state index contributed by atoms with van der Waals surface area (Å²) in [5, 5.41) is 0. The first-order valence-electron chi connectivity index (χ1n) is 7.50. The van der Waals surface area contributed by atoms with Gasteiger partial charge in [0.1, 0.15) is 11.9 Å². The molecule has 0 saturated carbocycles. The Morgan fingerprint density at radius 1 is 0.909 bits per heavy atom. The van der Waals surface area contributed by atoms with Gasteiger partial charge in [0, 0.05) is 6.42 Å². The summed E-state index contributed by atoms with van der Waals surface area (Å²) in [4.78, 5) is 12.3. The van der Waals surface area contributed by atoms with E-state index in [4.69, 9.17) is 14.2 Å². The van der Waals surface area contributed by atoms with Crippen LogP contribution in [0.2, 0.25) is 0 Å². The second kappa shape index (κ2) is 5.37. The quantitative estimate of drug-likeness (QED) is 0.807. The molecule has 4 heteroatoms. The van der Waals surface area contributed by atoms with Gasteiger partial charge in [0.25, 0.3) is 0 Å². The Morgan fingerprint density at radius 2 is 1.73 bits per heavy atom. The third kappa shape index (κ3) is 2.30. The Kier molecular flexibility index (Phi) is 3.22. The Hall–Kier alpha value is -2.49. The van der Waals surface area contributed by atoms with Crippen LogP contribution < -0.4 is 14.2 Å². The van der Waals surface area contributed by atoms with Crippen LogP contribution in [-0.4, -0.2) is 19.0 Å². The van der Waals surface area contributed by atoms with Crippen LogP contribution in [0, 0.1) is 0 Å². The third-order valence-corrected chi connectivity index (χ3v) is 3.97. The minimum absolute atomic E-state index is 0.110. The summed E-state index contributed by atoms with van der Waals surface area (Å²) < 4.78 is 17.3. The fourth-order valence-corrected chi connectivity index (χ4v) is 2.84. The van der Waals surface area contributed by atoms with Crippen LogP contribution in [0.4, 0.5) is 0 Å². The van der Waals surface area contributed by atoms with E-state index in [1.165, 1.54) is 0 Å². The van der Waals surface area contributed by atoms with Crippen molar-refractivity contribution in [1.29, 1.82) is 0 Å². The number of para-hydroxylation sites is 1. The topological polar surface area (TPSA) is 44.8 Å². The van der Waals surface area contributed by atoms with E-state index in [9.17, 15) is 4.79 Å². The molecule has 4 rings (SSSR count). The summed E-state index contributed by atoms with van der Waals surface area (Å²) in [6.07, 6.45) is 0.937. The zero-order chi connectivity index (χ0) is 14.9. The molecule has 2 aromatic carbocycles. The minimum Gasteiger partial charge on any atom is -0.490 e. The molecule has 1 atom stereocenters. The zero-order valence-corrected chi connectivity index (χ0v) is 12.1. The molecule has 0 radical (unpaired) electrons. The number of carbonyl (C=O) groups excluding carboxylic acids is 1. The molecule has 0 amide bonds. The lowest BCUT2D eigenvalue weighted by atomic mass is 9.96. The van der Waals surface area contributed by atoms with Gasteiger partial charge in [-0.15, -0.1) is 0 Å². The molecule has 0 bridgehead atoms. The molecule has 2 aromatic rings. The SMILES string of the molecule is O=C1CC(c2ccc3c(c2)OCCCO3)Oc2ccccc21. The largest absolute Gasteiger partial charge is 0.490 e. The summed E-state index contributed by atoms with van der Waals surface area (Å²) in [6, 6.07) is 13.1. The maximum Gasteiger partial charge on any atom is 0.170 e. The molecule has 2 aliphatic rings. The summed E-state index contributed by atoms with van der Waals surface area (Å²) in [7, 11) is 0. The molecule has 0 saturated heterocycles. The Balaban J connectivity index is 1.66. The van der Waals surface area contributed by atoms with Crippen molar-refractivity contribution in [2.24, 2.45) is 0 Å². The molecule has 112 valence electrons. The van der Waals surface area contributed by atoms with Gasteiger partial charge < -0.3 is 14.2 Å². The summed E-state index contributed by atoms with van der Waals surface area (Å²) in [5.74, 6) is 2.24. The first-order chi connectivity index (χ1) is 10.8. The molecule has 0 aromatic heterocycles. The minimum atomic E-state index is -0.278. The van der Waals surface area contributed by atoms with E-state index < -0.39 is 0 Å². The molecule has 22 heavy (non-hydrogen) atoms. The monoisotopic (exact) mass is 296 g/mol. The molecule has 0 aliphatic carbocycles.